The summed E-state index contributed by atoms with van der Waals surface area (Å²) in [5.41, 5.74) is -0.878. The molecule has 0 atom stereocenters. The van der Waals surface area contributed by atoms with Gasteiger partial charge in [-0.15, -0.1) is 0 Å². The van der Waals surface area contributed by atoms with Crippen molar-refractivity contribution in [1.29, 1.82) is 0 Å². The SMILES string of the molecule is O=C(Nc1ccc([N+](=O)[O-])cc1Cl)c1cc(Cl)c[nH]c1=O. The normalized spacial score (nSPS) is 10.2. The van der Waals surface area contributed by atoms with E-state index in [1.807, 2.05) is 0 Å². The number of aromatic nitrogens is 1. The highest BCUT2D eigenvalue weighted by molar-refractivity contribution is 6.34. The number of pyridine rings is 1. The zero-order chi connectivity index (χ0) is 15.6. The molecule has 0 aliphatic heterocycles. The minimum atomic E-state index is -0.727. The number of aromatic amines is 1. The van der Waals surface area contributed by atoms with Crippen LogP contribution in [0.15, 0.2) is 35.3 Å². The molecule has 1 amide bonds. The molecule has 0 spiro atoms. The van der Waals surface area contributed by atoms with E-state index in [9.17, 15) is 19.7 Å². The number of anilines is 1. The van der Waals surface area contributed by atoms with Crippen molar-refractivity contribution < 1.29 is 9.72 Å². The van der Waals surface area contributed by atoms with Gasteiger partial charge in [-0.05, 0) is 12.1 Å². The predicted molar refractivity (Wildman–Crippen MR) is 78.1 cm³/mol. The summed E-state index contributed by atoms with van der Waals surface area (Å²) >= 11 is 11.5. The second-order valence-electron chi connectivity index (χ2n) is 3.94. The van der Waals surface area contributed by atoms with E-state index < -0.39 is 16.4 Å². The summed E-state index contributed by atoms with van der Waals surface area (Å²) in [6, 6.07) is 4.76. The third-order valence-corrected chi connectivity index (χ3v) is 3.06. The lowest BCUT2D eigenvalue weighted by Crippen LogP contribution is -2.22. The number of rotatable bonds is 3. The Morgan fingerprint density at radius 3 is 2.62 bits per heavy atom. The van der Waals surface area contributed by atoms with E-state index in [1.165, 1.54) is 24.4 Å². The van der Waals surface area contributed by atoms with Gasteiger partial charge in [-0.1, -0.05) is 23.2 Å². The van der Waals surface area contributed by atoms with Crippen molar-refractivity contribution in [2.75, 3.05) is 5.32 Å². The zero-order valence-electron chi connectivity index (χ0n) is 10.2. The topological polar surface area (TPSA) is 105 Å². The Bertz CT molecular complexity index is 788. The molecule has 2 aromatic rings. The van der Waals surface area contributed by atoms with Gasteiger partial charge in [0.2, 0.25) is 0 Å². The van der Waals surface area contributed by atoms with E-state index in [0.29, 0.717) is 0 Å². The fourth-order valence-electron chi connectivity index (χ4n) is 1.53. The van der Waals surface area contributed by atoms with Crippen LogP contribution < -0.4 is 10.9 Å². The maximum Gasteiger partial charge on any atom is 0.271 e. The first-order chi connectivity index (χ1) is 9.88. The summed E-state index contributed by atoms with van der Waals surface area (Å²) < 4.78 is 0. The van der Waals surface area contributed by atoms with Crippen LogP contribution in [0.25, 0.3) is 0 Å². The van der Waals surface area contributed by atoms with E-state index in [0.717, 1.165) is 6.07 Å². The van der Waals surface area contributed by atoms with Gasteiger partial charge >= 0.3 is 0 Å². The molecular formula is C12H7Cl2N3O4. The number of amides is 1. The standard InChI is InChI=1S/C12H7Cl2N3O4/c13-6-3-8(11(18)15-5-6)12(19)16-10-2-1-7(17(20)21)4-9(10)14/h1-5H,(H,15,18)(H,16,19). The number of benzene rings is 1. The van der Waals surface area contributed by atoms with Crippen LogP contribution >= 0.6 is 23.2 Å². The summed E-state index contributed by atoms with van der Waals surface area (Å²) in [6.45, 7) is 0. The molecular weight excluding hydrogens is 321 g/mol. The van der Waals surface area contributed by atoms with Crippen LogP contribution in [0.1, 0.15) is 10.4 Å². The van der Waals surface area contributed by atoms with Gasteiger partial charge < -0.3 is 10.3 Å². The molecule has 0 radical (unpaired) electrons. The molecule has 0 fully saturated rings. The van der Waals surface area contributed by atoms with Gasteiger partial charge in [0, 0.05) is 18.3 Å². The van der Waals surface area contributed by atoms with Gasteiger partial charge in [0.15, 0.2) is 0 Å². The van der Waals surface area contributed by atoms with E-state index in [4.69, 9.17) is 23.2 Å². The number of nitro benzene ring substituents is 1. The molecule has 1 aromatic heterocycles. The van der Waals surface area contributed by atoms with Gasteiger partial charge in [0.05, 0.1) is 20.7 Å². The lowest BCUT2D eigenvalue weighted by molar-refractivity contribution is -0.384. The molecule has 1 aromatic carbocycles. The van der Waals surface area contributed by atoms with Gasteiger partial charge in [-0.3, -0.25) is 19.7 Å². The molecule has 21 heavy (non-hydrogen) atoms. The number of nitro groups is 1. The molecule has 2 N–H and O–H groups in total. The van der Waals surface area contributed by atoms with Crippen molar-refractivity contribution in [2.24, 2.45) is 0 Å². The summed E-state index contributed by atoms with van der Waals surface area (Å²) in [7, 11) is 0. The van der Waals surface area contributed by atoms with Crippen LogP contribution in [0.3, 0.4) is 0 Å². The smallest absolute Gasteiger partial charge is 0.271 e. The predicted octanol–water partition coefficient (Wildman–Crippen LogP) is 2.84. The Morgan fingerprint density at radius 2 is 2.00 bits per heavy atom. The number of nitrogens with one attached hydrogen (secondary N) is 2. The minimum absolute atomic E-state index is 0.0176. The van der Waals surface area contributed by atoms with Crippen molar-refractivity contribution in [3.05, 3.63) is 66.5 Å². The van der Waals surface area contributed by atoms with Crippen molar-refractivity contribution >= 4 is 40.5 Å². The summed E-state index contributed by atoms with van der Waals surface area (Å²) in [5.74, 6) is -0.727. The van der Waals surface area contributed by atoms with Gasteiger partial charge in [0.1, 0.15) is 5.56 Å². The Kier molecular flexibility index (Phi) is 4.25. The molecule has 0 saturated carbocycles. The van der Waals surface area contributed by atoms with Crippen molar-refractivity contribution in [1.82, 2.24) is 4.98 Å². The zero-order valence-corrected chi connectivity index (χ0v) is 11.7. The highest BCUT2D eigenvalue weighted by Gasteiger charge is 2.15. The quantitative estimate of drug-likeness (QED) is 0.667. The molecule has 0 bridgehead atoms. The fourth-order valence-corrected chi connectivity index (χ4v) is 1.92. The van der Waals surface area contributed by atoms with Crippen LogP contribution in [-0.4, -0.2) is 15.8 Å². The molecule has 1 heterocycles. The maximum absolute atomic E-state index is 12.0. The molecule has 0 aliphatic carbocycles. The molecule has 7 nitrogen and oxygen atoms in total. The number of carbonyl (C=O) groups excluding carboxylic acids is 1. The minimum Gasteiger partial charge on any atom is -0.327 e. The first-order valence-corrected chi connectivity index (χ1v) is 6.27. The number of carbonyl (C=O) groups is 1. The second-order valence-corrected chi connectivity index (χ2v) is 4.78. The Labute approximate surface area is 127 Å². The van der Waals surface area contributed by atoms with E-state index >= 15 is 0 Å². The number of halogens is 2. The monoisotopic (exact) mass is 327 g/mol. The lowest BCUT2D eigenvalue weighted by Gasteiger charge is -2.06. The van der Waals surface area contributed by atoms with Crippen LogP contribution in [0.5, 0.6) is 0 Å². The van der Waals surface area contributed by atoms with Crippen LogP contribution in [-0.2, 0) is 0 Å². The average Bonchev–Trinajstić information content (AvgIpc) is 2.43. The summed E-state index contributed by atoms with van der Waals surface area (Å²) in [4.78, 5) is 35.8. The first kappa shape index (κ1) is 15.0. The Morgan fingerprint density at radius 1 is 1.29 bits per heavy atom. The van der Waals surface area contributed by atoms with E-state index in [1.54, 1.807) is 0 Å². The molecule has 0 saturated heterocycles. The average molecular weight is 328 g/mol. The summed E-state index contributed by atoms with van der Waals surface area (Å²) in [5, 5.41) is 13.2. The third-order valence-electron chi connectivity index (χ3n) is 2.52. The Balaban J connectivity index is 2.30. The van der Waals surface area contributed by atoms with Crippen molar-refractivity contribution in [3.63, 3.8) is 0 Å². The number of non-ortho nitro benzene ring substituents is 1. The van der Waals surface area contributed by atoms with E-state index in [2.05, 4.69) is 10.3 Å². The Hall–Kier alpha value is -2.38. The third kappa shape index (κ3) is 3.39. The highest BCUT2D eigenvalue weighted by atomic mass is 35.5. The van der Waals surface area contributed by atoms with Gasteiger partial charge in [0.25, 0.3) is 17.2 Å². The molecule has 0 aliphatic rings. The molecule has 2 rings (SSSR count). The van der Waals surface area contributed by atoms with Crippen molar-refractivity contribution in [2.45, 2.75) is 0 Å². The van der Waals surface area contributed by atoms with Gasteiger partial charge in [-0.25, -0.2) is 0 Å². The second kappa shape index (κ2) is 5.94. The molecule has 108 valence electrons. The number of hydrogen-bond acceptors (Lipinski definition) is 4. The van der Waals surface area contributed by atoms with Crippen LogP contribution in [0.4, 0.5) is 11.4 Å². The van der Waals surface area contributed by atoms with Gasteiger partial charge in [-0.2, -0.15) is 0 Å². The summed E-state index contributed by atoms with van der Waals surface area (Å²) in [6.07, 6.45) is 1.25. The van der Waals surface area contributed by atoms with E-state index in [-0.39, 0.29) is 27.0 Å². The number of nitrogens with zero attached hydrogens (tertiary/aromatic N) is 1. The molecule has 0 unspecified atom stereocenters. The lowest BCUT2D eigenvalue weighted by atomic mass is 10.2. The fraction of sp³-hybridized carbons (Fsp3) is 0. The number of hydrogen-bond donors (Lipinski definition) is 2. The van der Waals surface area contributed by atoms with Crippen LogP contribution in [0.2, 0.25) is 10.0 Å². The maximum atomic E-state index is 12.0. The largest absolute Gasteiger partial charge is 0.327 e. The van der Waals surface area contributed by atoms with Crippen LogP contribution in [0, 0.1) is 10.1 Å². The molecule has 9 heteroatoms. The van der Waals surface area contributed by atoms with Crippen molar-refractivity contribution in [3.8, 4) is 0 Å². The first-order valence-electron chi connectivity index (χ1n) is 5.52. The number of H-pyrrole nitrogens is 1. The highest BCUT2D eigenvalue weighted by Crippen LogP contribution is 2.26.